The second kappa shape index (κ2) is 14.3. The molecule has 0 spiro atoms. The van der Waals surface area contributed by atoms with Crippen LogP contribution in [0, 0.1) is 11.3 Å². The van der Waals surface area contributed by atoms with Gasteiger partial charge in [-0.15, -0.1) is 0 Å². The minimum absolute atomic E-state index is 0.0150. The van der Waals surface area contributed by atoms with Crippen LogP contribution in [0.25, 0.3) is 0 Å². The van der Waals surface area contributed by atoms with E-state index in [0.717, 1.165) is 30.4 Å². The number of rotatable bonds is 12. The number of amides is 3. The van der Waals surface area contributed by atoms with Crippen LogP contribution < -0.4 is 21.7 Å². The van der Waals surface area contributed by atoms with Crippen LogP contribution in [-0.2, 0) is 27.2 Å². The van der Waals surface area contributed by atoms with Gasteiger partial charge in [0, 0.05) is 29.6 Å². The smallest absolute Gasteiger partial charge is 0.242 e. The lowest BCUT2D eigenvalue weighted by molar-refractivity contribution is -0.134. The molecule has 1 aliphatic rings. The molecule has 41 heavy (non-hydrogen) atoms. The fraction of sp³-hybridized carbons (Fsp3) is 0.545. The van der Waals surface area contributed by atoms with E-state index < -0.39 is 23.4 Å². The lowest BCUT2D eigenvalue weighted by Gasteiger charge is -2.35. The molecule has 3 unspecified atom stereocenters. The Kier molecular flexibility index (Phi) is 11.4. The van der Waals surface area contributed by atoms with Crippen molar-refractivity contribution < 1.29 is 14.4 Å². The van der Waals surface area contributed by atoms with Crippen LogP contribution in [0.2, 0.25) is 5.02 Å². The SMILES string of the molecule is CCCC(CC)(CCNC(=O)[C@@H](Cc1ccc(Cl)cc1)NC(=O)C1CCc2ccccc2C1N)C(=O)NC(C)(C)C. The molecule has 0 saturated heterocycles. The molecule has 2 aromatic carbocycles. The normalized spacial score (nSPS) is 18.9. The number of aryl methyl sites for hydroxylation is 1. The zero-order chi connectivity index (χ0) is 30.2. The van der Waals surface area contributed by atoms with Gasteiger partial charge in [0.15, 0.2) is 0 Å². The number of carbonyl (C=O) groups is 3. The first-order valence-electron chi connectivity index (χ1n) is 14.9. The molecule has 3 rings (SSSR count). The lowest BCUT2D eigenvalue weighted by atomic mass is 9.76. The monoisotopic (exact) mass is 582 g/mol. The molecular formula is C33H47ClN4O3. The van der Waals surface area contributed by atoms with Crippen LogP contribution in [0.4, 0.5) is 0 Å². The number of fused-ring (bicyclic) bond motifs is 1. The van der Waals surface area contributed by atoms with Crippen molar-refractivity contribution in [1.29, 1.82) is 0 Å². The van der Waals surface area contributed by atoms with Gasteiger partial charge >= 0.3 is 0 Å². The minimum Gasteiger partial charge on any atom is -0.354 e. The fourth-order valence-electron chi connectivity index (χ4n) is 5.80. The van der Waals surface area contributed by atoms with Gasteiger partial charge in [-0.25, -0.2) is 0 Å². The van der Waals surface area contributed by atoms with Crippen molar-refractivity contribution in [3.63, 3.8) is 0 Å². The van der Waals surface area contributed by atoms with Gasteiger partial charge in [-0.05, 0) is 81.7 Å². The first kappa shape index (κ1) is 32.6. The highest BCUT2D eigenvalue weighted by Crippen LogP contribution is 2.34. The van der Waals surface area contributed by atoms with Gasteiger partial charge in [0.2, 0.25) is 17.7 Å². The van der Waals surface area contributed by atoms with Crippen molar-refractivity contribution in [3.8, 4) is 0 Å². The summed E-state index contributed by atoms with van der Waals surface area (Å²) in [7, 11) is 0. The van der Waals surface area contributed by atoms with E-state index in [1.54, 1.807) is 12.1 Å². The van der Waals surface area contributed by atoms with E-state index in [2.05, 4.69) is 28.9 Å². The molecule has 0 aromatic heterocycles. The summed E-state index contributed by atoms with van der Waals surface area (Å²) in [6.07, 6.45) is 4.47. The third kappa shape index (κ3) is 8.79. The van der Waals surface area contributed by atoms with Crippen molar-refractivity contribution in [2.45, 2.75) is 97.2 Å². The summed E-state index contributed by atoms with van der Waals surface area (Å²) in [5.74, 6) is -0.916. The van der Waals surface area contributed by atoms with E-state index in [1.807, 2.05) is 58.0 Å². The summed E-state index contributed by atoms with van der Waals surface area (Å²) >= 11 is 6.07. The molecule has 0 saturated carbocycles. The van der Waals surface area contributed by atoms with Crippen molar-refractivity contribution in [1.82, 2.24) is 16.0 Å². The summed E-state index contributed by atoms with van der Waals surface area (Å²) in [5, 5.41) is 9.77. The van der Waals surface area contributed by atoms with Crippen LogP contribution in [0.1, 0.15) is 89.5 Å². The summed E-state index contributed by atoms with van der Waals surface area (Å²) in [5.41, 5.74) is 8.65. The maximum absolute atomic E-state index is 13.6. The molecule has 0 radical (unpaired) electrons. The Morgan fingerprint density at radius 3 is 2.34 bits per heavy atom. The van der Waals surface area contributed by atoms with E-state index in [4.69, 9.17) is 17.3 Å². The Balaban J connectivity index is 1.74. The minimum atomic E-state index is -0.793. The van der Waals surface area contributed by atoms with Gasteiger partial charge < -0.3 is 21.7 Å². The van der Waals surface area contributed by atoms with Crippen LogP contribution in [-0.4, -0.2) is 35.8 Å². The summed E-state index contributed by atoms with van der Waals surface area (Å²) in [6, 6.07) is 14.0. The molecule has 7 nitrogen and oxygen atoms in total. The Hall–Kier alpha value is -2.90. The van der Waals surface area contributed by atoms with E-state index in [9.17, 15) is 14.4 Å². The lowest BCUT2D eigenvalue weighted by Crippen LogP contribution is -2.53. The highest BCUT2D eigenvalue weighted by Gasteiger charge is 2.38. The van der Waals surface area contributed by atoms with Gasteiger partial charge in [-0.3, -0.25) is 14.4 Å². The summed E-state index contributed by atoms with van der Waals surface area (Å²) in [4.78, 5) is 40.4. The number of hydrogen-bond donors (Lipinski definition) is 4. The molecule has 0 aliphatic heterocycles. The van der Waals surface area contributed by atoms with Crippen molar-refractivity contribution in [2.24, 2.45) is 17.1 Å². The number of nitrogens with one attached hydrogen (secondary N) is 3. The predicted octanol–water partition coefficient (Wildman–Crippen LogP) is 5.25. The van der Waals surface area contributed by atoms with E-state index in [1.165, 1.54) is 5.56 Å². The molecular weight excluding hydrogens is 536 g/mol. The number of halogens is 1. The average molecular weight is 583 g/mol. The predicted molar refractivity (Wildman–Crippen MR) is 165 cm³/mol. The van der Waals surface area contributed by atoms with E-state index in [0.29, 0.717) is 37.3 Å². The fourth-order valence-corrected chi connectivity index (χ4v) is 5.92. The maximum Gasteiger partial charge on any atom is 0.242 e. The number of carbonyl (C=O) groups excluding carboxylic acids is 3. The standard InChI is InChI=1S/C33H47ClN4O3/c1-6-18-33(7-2,31(41)38-32(3,4)5)19-20-36-30(40)27(21-22-12-15-24(34)16-13-22)37-29(39)26-17-14-23-10-8-9-11-25(23)28(26)35/h8-13,15-16,26-28H,6-7,14,17-21,35H2,1-5H3,(H,36,40)(H,37,39)(H,38,41)/t26?,27-,28?,33?/m1/s1. The number of benzene rings is 2. The first-order valence-corrected chi connectivity index (χ1v) is 15.3. The quantitative estimate of drug-likeness (QED) is 0.274. The van der Waals surface area contributed by atoms with Crippen LogP contribution in [0.15, 0.2) is 48.5 Å². The van der Waals surface area contributed by atoms with E-state index in [-0.39, 0.29) is 23.3 Å². The molecule has 0 bridgehead atoms. The van der Waals surface area contributed by atoms with Gasteiger partial charge in [-0.2, -0.15) is 0 Å². The highest BCUT2D eigenvalue weighted by atomic mass is 35.5. The largest absolute Gasteiger partial charge is 0.354 e. The van der Waals surface area contributed by atoms with Gasteiger partial charge in [0.25, 0.3) is 0 Å². The molecule has 1 aliphatic carbocycles. The third-order valence-electron chi connectivity index (χ3n) is 8.17. The number of nitrogens with two attached hydrogens (primary N) is 1. The third-order valence-corrected chi connectivity index (χ3v) is 8.43. The second-order valence-electron chi connectivity index (χ2n) is 12.4. The van der Waals surface area contributed by atoms with Crippen LogP contribution in [0.3, 0.4) is 0 Å². The summed E-state index contributed by atoms with van der Waals surface area (Å²) in [6.45, 7) is 10.3. The first-order chi connectivity index (χ1) is 19.4. The summed E-state index contributed by atoms with van der Waals surface area (Å²) < 4.78 is 0. The van der Waals surface area contributed by atoms with Gasteiger partial charge in [0.05, 0.1) is 11.3 Å². The topological polar surface area (TPSA) is 113 Å². The zero-order valence-electron chi connectivity index (χ0n) is 25.2. The zero-order valence-corrected chi connectivity index (χ0v) is 25.9. The van der Waals surface area contributed by atoms with Crippen molar-refractivity contribution >= 4 is 29.3 Å². The van der Waals surface area contributed by atoms with Crippen molar-refractivity contribution in [2.75, 3.05) is 6.54 Å². The maximum atomic E-state index is 13.6. The Bertz CT molecular complexity index is 1190. The molecule has 3 amide bonds. The van der Waals surface area contributed by atoms with Crippen molar-refractivity contribution in [3.05, 3.63) is 70.2 Å². The van der Waals surface area contributed by atoms with Crippen LogP contribution >= 0.6 is 11.6 Å². The second-order valence-corrected chi connectivity index (χ2v) is 12.8. The molecule has 0 heterocycles. The Morgan fingerprint density at radius 1 is 1.02 bits per heavy atom. The molecule has 2 aromatic rings. The molecule has 224 valence electrons. The Labute approximate surface area is 250 Å². The van der Waals surface area contributed by atoms with E-state index >= 15 is 0 Å². The Morgan fingerprint density at radius 2 is 1.71 bits per heavy atom. The molecule has 4 atom stereocenters. The molecule has 0 fully saturated rings. The van der Waals surface area contributed by atoms with Crippen LogP contribution in [0.5, 0.6) is 0 Å². The van der Waals surface area contributed by atoms with Gasteiger partial charge in [0.1, 0.15) is 6.04 Å². The average Bonchev–Trinajstić information content (AvgIpc) is 2.92. The molecule has 5 N–H and O–H groups in total. The molecule has 8 heteroatoms. The van der Waals surface area contributed by atoms with Gasteiger partial charge in [-0.1, -0.05) is 68.3 Å². The highest BCUT2D eigenvalue weighted by molar-refractivity contribution is 6.30. The number of hydrogen-bond acceptors (Lipinski definition) is 4.